The van der Waals surface area contributed by atoms with Gasteiger partial charge in [0.25, 0.3) is 0 Å². The van der Waals surface area contributed by atoms with Crippen LogP contribution in [-0.4, -0.2) is 11.5 Å². The molecule has 54 valence electrons. The SMILES string of the molecule is CCCCC(=S)NCC. The Balaban J connectivity index is 3.06. The molecular formula is C7H15NS. The molecule has 0 aromatic heterocycles. The quantitative estimate of drug-likeness (QED) is 0.608. The molecule has 0 saturated carbocycles. The van der Waals surface area contributed by atoms with Crippen LogP contribution in [-0.2, 0) is 0 Å². The van der Waals surface area contributed by atoms with Crippen molar-refractivity contribution in [2.75, 3.05) is 6.54 Å². The lowest BCUT2D eigenvalue weighted by molar-refractivity contribution is 0.815. The van der Waals surface area contributed by atoms with Gasteiger partial charge in [0.2, 0.25) is 0 Å². The van der Waals surface area contributed by atoms with Crippen LogP contribution in [0.5, 0.6) is 0 Å². The topological polar surface area (TPSA) is 12.0 Å². The van der Waals surface area contributed by atoms with Crippen molar-refractivity contribution in [2.45, 2.75) is 33.1 Å². The van der Waals surface area contributed by atoms with E-state index < -0.39 is 0 Å². The van der Waals surface area contributed by atoms with Gasteiger partial charge in [0.1, 0.15) is 0 Å². The monoisotopic (exact) mass is 145 g/mol. The molecule has 0 aromatic carbocycles. The maximum atomic E-state index is 5.01. The molecule has 0 bridgehead atoms. The Labute approximate surface area is 62.8 Å². The van der Waals surface area contributed by atoms with Gasteiger partial charge in [-0.25, -0.2) is 0 Å². The number of thiocarbonyl (C=S) groups is 1. The first-order valence-electron chi connectivity index (χ1n) is 3.58. The van der Waals surface area contributed by atoms with Crippen LogP contribution >= 0.6 is 12.2 Å². The smallest absolute Gasteiger partial charge is 0.0753 e. The number of hydrogen-bond donors (Lipinski definition) is 1. The summed E-state index contributed by atoms with van der Waals surface area (Å²) in [4.78, 5) is 1.01. The molecule has 0 saturated heterocycles. The largest absolute Gasteiger partial charge is 0.380 e. The molecule has 1 nitrogen and oxygen atoms in total. The van der Waals surface area contributed by atoms with Gasteiger partial charge in [-0.1, -0.05) is 25.6 Å². The fourth-order valence-electron chi connectivity index (χ4n) is 0.623. The first-order valence-corrected chi connectivity index (χ1v) is 3.98. The molecule has 2 heteroatoms. The maximum absolute atomic E-state index is 5.01. The minimum atomic E-state index is 0.961. The molecule has 0 aliphatic carbocycles. The van der Waals surface area contributed by atoms with Crippen LogP contribution in [0, 0.1) is 0 Å². The second-order valence-electron chi connectivity index (χ2n) is 2.06. The van der Waals surface area contributed by atoms with E-state index in [2.05, 4.69) is 19.2 Å². The molecule has 0 rings (SSSR count). The molecule has 0 aliphatic rings. The molecular weight excluding hydrogens is 130 g/mol. The third-order valence-corrected chi connectivity index (χ3v) is 1.48. The number of rotatable bonds is 4. The Hall–Kier alpha value is -0.110. The summed E-state index contributed by atoms with van der Waals surface area (Å²) in [5.74, 6) is 0. The van der Waals surface area contributed by atoms with Gasteiger partial charge in [0.05, 0.1) is 4.99 Å². The molecule has 0 amide bonds. The third kappa shape index (κ3) is 5.77. The molecule has 0 spiro atoms. The van der Waals surface area contributed by atoms with E-state index in [-0.39, 0.29) is 0 Å². The van der Waals surface area contributed by atoms with E-state index in [1.165, 1.54) is 12.8 Å². The van der Waals surface area contributed by atoms with Crippen LogP contribution in [0.4, 0.5) is 0 Å². The van der Waals surface area contributed by atoms with Gasteiger partial charge in [0, 0.05) is 6.54 Å². The summed E-state index contributed by atoms with van der Waals surface area (Å²) < 4.78 is 0. The molecule has 9 heavy (non-hydrogen) atoms. The van der Waals surface area contributed by atoms with Gasteiger partial charge in [-0.05, 0) is 19.8 Å². The van der Waals surface area contributed by atoms with Crippen molar-refractivity contribution in [3.05, 3.63) is 0 Å². The lowest BCUT2D eigenvalue weighted by atomic mass is 10.2. The van der Waals surface area contributed by atoms with E-state index in [4.69, 9.17) is 12.2 Å². The Kier molecular flexibility index (Phi) is 5.94. The molecule has 0 atom stereocenters. The zero-order valence-corrected chi connectivity index (χ0v) is 7.05. The zero-order valence-electron chi connectivity index (χ0n) is 6.24. The average molecular weight is 145 g/mol. The molecule has 0 heterocycles. The van der Waals surface area contributed by atoms with E-state index in [1.54, 1.807) is 0 Å². The first kappa shape index (κ1) is 8.89. The van der Waals surface area contributed by atoms with Crippen molar-refractivity contribution in [3.63, 3.8) is 0 Å². The summed E-state index contributed by atoms with van der Waals surface area (Å²) in [5, 5.41) is 3.11. The predicted molar refractivity (Wildman–Crippen MR) is 45.8 cm³/mol. The van der Waals surface area contributed by atoms with Crippen molar-refractivity contribution in [1.82, 2.24) is 5.32 Å². The first-order chi connectivity index (χ1) is 4.31. The van der Waals surface area contributed by atoms with Gasteiger partial charge in [-0.3, -0.25) is 0 Å². The Morgan fingerprint density at radius 2 is 2.11 bits per heavy atom. The van der Waals surface area contributed by atoms with Crippen LogP contribution in [0.15, 0.2) is 0 Å². The van der Waals surface area contributed by atoms with E-state index in [0.29, 0.717) is 0 Å². The summed E-state index contributed by atoms with van der Waals surface area (Å²) in [6.07, 6.45) is 3.50. The van der Waals surface area contributed by atoms with Crippen LogP contribution in [0.3, 0.4) is 0 Å². The van der Waals surface area contributed by atoms with Gasteiger partial charge < -0.3 is 5.32 Å². The van der Waals surface area contributed by atoms with Crippen molar-refractivity contribution in [2.24, 2.45) is 0 Å². The van der Waals surface area contributed by atoms with Gasteiger partial charge in [0.15, 0.2) is 0 Å². The van der Waals surface area contributed by atoms with Crippen molar-refractivity contribution in [1.29, 1.82) is 0 Å². The third-order valence-electron chi connectivity index (χ3n) is 1.13. The van der Waals surface area contributed by atoms with E-state index in [9.17, 15) is 0 Å². The van der Waals surface area contributed by atoms with Gasteiger partial charge >= 0.3 is 0 Å². The fraction of sp³-hybridized carbons (Fsp3) is 0.857. The molecule has 0 radical (unpaired) electrons. The van der Waals surface area contributed by atoms with E-state index >= 15 is 0 Å². The second kappa shape index (κ2) is 6.02. The van der Waals surface area contributed by atoms with Crippen LogP contribution in [0.1, 0.15) is 33.1 Å². The maximum Gasteiger partial charge on any atom is 0.0753 e. The van der Waals surface area contributed by atoms with Crippen molar-refractivity contribution < 1.29 is 0 Å². The zero-order chi connectivity index (χ0) is 7.11. The van der Waals surface area contributed by atoms with Crippen molar-refractivity contribution in [3.8, 4) is 0 Å². The lowest BCUT2D eigenvalue weighted by Crippen LogP contribution is -2.19. The molecule has 1 N–H and O–H groups in total. The van der Waals surface area contributed by atoms with Crippen molar-refractivity contribution >= 4 is 17.2 Å². The van der Waals surface area contributed by atoms with Crippen LogP contribution in [0.2, 0.25) is 0 Å². The summed E-state index contributed by atoms with van der Waals surface area (Å²) in [7, 11) is 0. The normalized spacial score (nSPS) is 9.11. The molecule has 0 aliphatic heterocycles. The summed E-state index contributed by atoms with van der Waals surface area (Å²) >= 11 is 5.01. The Morgan fingerprint density at radius 1 is 1.44 bits per heavy atom. The van der Waals surface area contributed by atoms with Crippen LogP contribution < -0.4 is 5.32 Å². The fourth-order valence-corrected chi connectivity index (χ4v) is 0.912. The highest BCUT2D eigenvalue weighted by molar-refractivity contribution is 7.80. The highest BCUT2D eigenvalue weighted by Crippen LogP contribution is 1.93. The van der Waals surface area contributed by atoms with E-state index in [0.717, 1.165) is 18.0 Å². The molecule has 0 aromatic rings. The summed E-state index contributed by atoms with van der Waals surface area (Å²) in [5.41, 5.74) is 0. The number of hydrogen-bond acceptors (Lipinski definition) is 1. The Bertz CT molecular complexity index is 81.0. The standard InChI is InChI=1S/C7H15NS/c1-3-5-6-7(9)8-4-2/h3-6H2,1-2H3,(H,8,9). The van der Waals surface area contributed by atoms with E-state index in [1.807, 2.05) is 0 Å². The number of unbranched alkanes of at least 4 members (excludes halogenated alkanes) is 1. The van der Waals surface area contributed by atoms with Crippen LogP contribution in [0.25, 0.3) is 0 Å². The summed E-state index contributed by atoms with van der Waals surface area (Å²) in [6, 6.07) is 0. The number of nitrogens with one attached hydrogen (secondary N) is 1. The molecule has 0 fully saturated rings. The average Bonchev–Trinajstić information content (AvgIpc) is 1.85. The Morgan fingerprint density at radius 3 is 2.56 bits per heavy atom. The predicted octanol–water partition coefficient (Wildman–Crippen LogP) is 2.11. The van der Waals surface area contributed by atoms with Gasteiger partial charge in [-0.2, -0.15) is 0 Å². The minimum absolute atomic E-state index is 0.961. The highest BCUT2D eigenvalue weighted by Gasteiger charge is 1.90. The molecule has 0 unspecified atom stereocenters. The lowest BCUT2D eigenvalue weighted by Gasteiger charge is -2.01. The van der Waals surface area contributed by atoms with Gasteiger partial charge in [-0.15, -0.1) is 0 Å². The minimum Gasteiger partial charge on any atom is -0.380 e. The summed E-state index contributed by atoms with van der Waals surface area (Å²) in [6.45, 7) is 5.20. The second-order valence-corrected chi connectivity index (χ2v) is 2.55. The highest BCUT2D eigenvalue weighted by atomic mass is 32.1.